The molecule has 0 atom stereocenters. The van der Waals surface area contributed by atoms with Gasteiger partial charge in [-0.15, -0.1) is 0 Å². The van der Waals surface area contributed by atoms with Crippen LogP contribution in [0.5, 0.6) is 0 Å². The minimum absolute atomic E-state index is 0.401. The van der Waals surface area contributed by atoms with Gasteiger partial charge < -0.3 is 4.74 Å². The van der Waals surface area contributed by atoms with E-state index in [0.29, 0.717) is 0 Å². The van der Waals surface area contributed by atoms with Gasteiger partial charge in [0, 0.05) is 30.6 Å². The second-order valence-corrected chi connectivity index (χ2v) is 9.75. The van der Waals surface area contributed by atoms with Crippen molar-refractivity contribution in [1.29, 1.82) is 0 Å². The summed E-state index contributed by atoms with van der Waals surface area (Å²) in [4.78, 5) is 17.6. The van der Waals surface area contributed by atoms with Crippen LogP contribution in [0.3, 0.4) is 0 Å². The van der Waals surface area contributed by atoms with E-state index in [1.165, 1.54) is 3.57 Å². The van der Waals surface area contributed by atoms with Crippen LogP contribution in [0.2, 0.25) is 0 Å². The van der Waals surface area contributed by atoms with Crippen LogP contribution in [0, 0.1) is 3.57 Å². The molecule has 0 saturated carbocycles. The van der Waals surface area contributed by atoms with E-state index >= 15 is 0 Å². The summed E-state index contributed by atoms with van der Waals surface area (Å²) < 4.78 is 9.26. The van der Waals surface area contributed by atoms with Gasteiger partial charge in [-0.05, 0) is 85.8 Å². The molecule has 4 aromatic rings. The van der Waals surface area contributed by atoms with Crippen molar-refractivity contribution in [2.45, 2.75) is 26.4 Å². The molecule has 2 aromatic heterocycles. The Morgan fingerprint density at radius 1 is 1.11 bits per heavy atom. The monoisotopic (exact) mass is 548 g/mol. The molecule has 0 fully saturated rings. The third-order valence-electron chi connectivity index (χ3n) is 4.28. The molecule has 0 radical (unpaired) electrons. The van der Waals surface area contributed by atoms with Gasteiger partial charge in [0.15, 0.2) is 0 Å². The van der Waals surface area contributed by atoms with Crippen molar-refractivity contribution in [3.63, 3.8) is 0 Å². The summed E-state index contributed by atoms with van der Waals surface area (Å²) in [6.45, 7) is 5.58. The van der Waals surface area contributed by atoms with Gasteiger partial charge in [0.1, 0.15) is 5.60 Å². The number of pyridine rings is 1. The fourth-order valence-corrected chi connectivity index (χ4v) is 3.99. The number of benzene rings is 2. The minimum Gasteiger partial charge on any atom is -0.443 e. The maximum Gasteiger partial charge on any atom is 0.419 e. The van der Waals surface area contributed by atoms with Crippen LogP contribution in [0.25, 0.3) is 33.1 Å². The normalized spacial score (nSPS) is 11.9. The van der Waals surface area contributed by atoms with E-state index in [-0.39, 0.29) is 0 Å². The van der Waals surface area contributed by atoms with E-state index in [4.69, 9.17) is 9.72 Å². The predicted molar refractivity (Wildman–Crippen MR) is 125 cm³/mol. The van der Waals surface area contributed by atoms with Gasteiger partial charge in [0.05, 0.1) is 16.7 Å². The highest BCUT2D eigenvalue weighted by molar-refractivity contribution is 14.1. The number of aromatic nitrogens is 2. The number of nitrogens with zero attached hydrogens (tertiary/aromatic N) is 2. The number of carbonyl (C=O) groups excluding carboxylic acids is 1. The smallest absolute Gasteiger partial charge is 0.419 e. The quantitative estimate of drug-likeness (QED) is 0.240. The number of hydrogen-bond donors (Lipinski definition) is 0. The SMILES string of the molecule is CC(C)(C)OC(=O)n1cc(-c2ccc3cc(I)ccc3n2)c2cc(Br)ccc21. The zero-order valence-corrected chi connectivity index (χ0v) is 19.4. The van der Waals surface area contributed by atoms with Gasteiger partial charge in [-0.2, -0.15) is 0 Å². The lowest BCUT2D eigenvalue weighted by Gasteiger charge is -2.19. The van der Waals surface area contributed by atoms with Gasteiger partial charge in [0.25, 0.3) is 0 Å². The molecule has 0 saturated heterocycles. The second kappa shape index (κ2) is 7.15. The molecule has 0 unspecified atom stereocenters. The molecule has 6 heteroatoms. The molecule has 0 N–H and O–H groups in total. The van der Waals surface area contributed by atoms with E-state index in [0.717, 1.165) is 37.5 Å². The van der Waals surface area contributed by atoms with Crippen LogP contribution < -0.4 is 0 Å². The molecule has 0 aliphatic heterocycles. The van der Waals surface area contributed by atoms with E-state index < -0.39 is 11.7 Å². The molecule has 0 bridgehead atoms. The molecular weight excluding hydrogens is 531 g/mol. The van der Waals surface area contributed by atoms with Crippen molar-refractivity contribution in [2.24, 2.45) is 0 Å². The van der Waals surface area contributed by atoms with Crippen LogP contribution in [-0.2, 0) is 4.74 Å². The number of halogens is 2. The van der Waals surface area contributed by atoms with Crippen LogP contribution in [-0.4, -0.2) is 21.2 Å². The number of rotatable bonds is 1. The summed E-state index contributed by atoms with van der Waals surface area (Å²) in [5.74, 6) is 0. The molecular formula is C22H18BrIN2O2. The number of hydrogen-bond acceptors (Lipinski definition) is 3. The Hall–Kier alpha value is -1.93. The molecule has 2 aromatic carbocycles. The molecule has 0 aliphatic carbocycles. The average Bonchev–Trinajstić information content (AvgIpc) is 2.98. The third kappa shape index (κ3) is 3.80. The lowest BCUT2D eigenvalue weighted by molar-refractivity contribution is 0.0544. The summed E-state index contributed by atoms with van der Waals surface area (Å²) >= 11 is 5.83. The fraction of sp³-hybridized carbons (Fsp3) is 0.182. The van der Waals surface area contributed by atoms with Gasteiger partial charge in [0.2, 0.25) is 0 Å². The maximum atomic E-state index is 12.8. The Bertz CT molecular complexity index is 1220. The van der Waals surface area contributed by atoms with Crippen molar-refractivity contribution >= 4 is 66.4 Å². The zero-order valence-electron chi connectivity index (χ0n) is 15.7. The van der Waals surface area contributed by atoms with Gasteiger partial charge in [-0.3, -0.25) is 4.57 Å². The highest BCUT2D eigenvalue weighted by Crippen LogP contribution is 2.33. The lowest BCUT2D eigenvalue weighted by atomic mass is 10.1. The molecule has 0 aliphatic rings. The topological polar surface area (TPSA) is 44.1 Å². The van der Waals surface area contributed by atoms with E-state index in [1.807, 2.05) is 63.4 Å². The van der Waals surface area contributed by atoms with Crippen molar-refractivity contribution in [1.82, 2.24) is 9.55 Å². The van der Waals surface area contributed by atoms with Crippen LogP contribution in [0.1, 0.15) is 20.8 Å². The molecule has 0 spiro atoms. The van der Waals surface area contributed by atoms with E-state index in [2.05, 4.69) is 50.7 Å². The fourth-order valence-electron chi connectivity index (χ4n) is 3.11. The Morgan fingerprint density at radius 3 is 2.64 bits per heavy atom. The molecule has 142 valence electrons. The molecule has 28 heavy (non-hydrogen) atoms. The first kappa shape index (κ1) is 19.4. The molecule has 2 heterocycles. The van der Waals surface area contributed by atoms with E-state index in [1.54, 1.807) is 4.57 Å². The van der Waals surface area contributed by atoms with Crippen molar-refractivity contribution in [3.05, 3.63) is 62.8 Å². The molecule has 4 rings (SSSR count). The van der Waals surface area contributed by atoms with Crippen molar-refractivity contribution in [3.8, 4) is 11.3 Å². The van der Waals surface area contributed by atoms with Crippen LogP contribution in [0.4, 0.5) is 4.79 Å². The number of fused-ring (bicyclic) bond motifs is 2. The Balaban J connectivity index is 1.90. The van der Waals surface area contributed by atoms with Crippen LogP contribution in [0.15, 0.2) is 59.2 Å². The summed E-state index contributed by atoms with van der Waals surface area (Å²) in [7, 11) is 0. The lowest BCUT2D eigenvalue weighted by Crippen LogP contribution is -2.26. The van der Waals surface area contributed by atoms with Crippen LogP contribution >= 0.6 is 38.5 Å². The first-order valence-electron chi connectivity index (χ1n) is 8.82. The molecule has 4 nitrogen and oxygen atoms in total. The minimum atomic E-state index is -0.568. The maximum absolute atomic E-state index is 12.8. The summed E-state index contributed by atoms with van der Waals surface area (Å²) in [5, 5.41) is 2.03. The highest BCUT2D eigenvalue weighted by Gasteiger charge is 2.21. The highest BCUT2D eigenvalue weighted by atomic mass is 127. The Morgan fingerprint density at radius 2 is 1.89 bits per heavy atom. The van der Waals surface area contributed by atoms with Gasteiger partial charge in [-0.1, -0.05) is 22.0 Å². The Labute approximate surface area is 185 Å². The summed E-state index contributed by atoms with van der Waals surface area (Å²) in [5.41, 5.74) is 2.85. The van der Waals surface area contributed by atoms with E-state index in [9.17, 15) is 4.79 Å². The predicted octanol–water partition coefficient (Wildman–Crippen LogP) is 7.01. The number of ether oxygens (including phenoxy) is 1. The number of carbonyl (C=O) groups is 1. The van der Waals surface area contributed by atoms with Crippen molar-refractivity contribution < 1.29 is 9.53 Å². The van der Waals surface area contributed by atoms with Gasteiger partial charge >= 0.3 is 6.09 Å². The second-order valence-electron chi connectivity index (χ2n) is 7.59. The first-order valence-corrected chi connectivity index (χ1v) is 10.7. The summed E-state index contributed by atoms with van der Waals surface area (Å²) in [6, 6.07) is 16.1. The third-order valence-corrected chi connectivity index (χ3v) is 5.45. The Kier molecular flexibility index (Phi) is 4.95. The molecule has 0 amide bonds. The average molecular weight is 549 g/mol. The standard InChI is InChI=1S/C22H18BrIN2O2/c1-22(2,3)28-21(27)26-12-17(16-11-14(23)5-9-20(16)26)19-7-4-13-10-15(24)6-8-18(13)25-19/h4-12H,1-3H3. The van der Waals surface area contributed by atoms with Crippen molar-refractivity contribution in [2.75, 3.05) is 0 Å². The zero-order chi connectivity index (χ0) is 20.1. The largest absolute Gasteiger partial charge is 0.443 e. The summed E-state index contributed by atoms with van der Waals surface area (Å²) in [6.07, 6.45) is 1.41. The van der Waals surface area contributed by atoms with Gasteiger partial charge in [-0.25, -0.2) is 9.78 Å². The first-order chi connectivity index (χ1) is 13.2.